The number of aryl methyl sites for hydroxylation is 1. The third-order valence-electron chi connectivity index (χ3n) is 3.08. The zero-order chi connectivity index (χ0) is 11.5. The summed E-state index contributed by atoms with van der Waals surface area (Å²) < 4.78 is 1.81. The molecule has 1 aromatic heterocycles. The molecule has 16 heavy (non-hydrogen) atoms. The topological polar surface area (TPSA) is 60.0 Å². The molecular weight excluding hydrogens is 222 g/mol. The van der Waals surface area contributed by atoms with E-state index in [0.29, 0.717) is 10.9 Å². The largest absolute Gasteiger partial charge is 0.393 e. The van der Waals surface area contributed by atoms with E-state index in [2.05, 4.69) is 15.0 Å². The maximum Gasteiger partial charge on any atom is 0.140 e. The van der Waals surface area contributed by atoms with Crippen LogP contribution >= 0.6 is 12.2 Å². The van der Waals surface area contributed by atoms with Crippen LogP contribution in [0.4, 0.5) is 0 Å². The maximum absolute atomic E-state index is 5.70. The Labute approximate surface area is 101 Å². The fraction of sp³-hybridized carbons (Fsp3) is 0.700. The zero-order valence-electron chi connectivity index (χ0n) is 9.46. The van der Waals surface area contributed by atoms with Gasteiger partial charge in [-0.25, -0.2) is 4.98 Å². The minimum atomic E-state index is 0.358. The monoisotopic (exact) mass is 239 g/mol. The summed E-state index contributed by atoms with van der Waals surface area (Å²) >= 11 is 5.06. The van der Waals surface area contributed by atoms with E-state index in [0.717, 1.165) is 38.3 Å². The number of nitrogens with two attached hydrogens (primary N) is 1. The number of hydrogen-bond acceptors (Lipinski definition) is 4. The van der Waals surface area contributed by atoms with Crippen LogP contribution in [-0.2, 0) is 13.6 Å². The lowest BCUT2D eigenvalue weighted by atomic mass is 9.98. The standard InChI is InChI=1S/C10H17N5S/c1-14-9(12-7-13-14)6-15-4-2-3-8(5-15)10(11)16/h7-8H,2-6H2,1H3,(H2,11,16). The van der Waals surface area contributed by atoms with Crippen molar-refractivity contribution >= 4 is 17.2 Å². The summed E-state index contributed by atoms with van der Waals surface area (Å²) in [5, 5.41) is 4.06. The molecule has 2 heterocycles. The average molecular weight is 239 g/mol. The van der Waals surface area contributed by atoms with Gasteiger partial charge in [0.05, 0.1) is 11.5 Å². The number of aromatic nitrogens is 3. The highest BCUT2D eigenvalue weighted by Gasteiger charge is 2.22. The normalized spacial score (nSPS) is 22.2. The van der Waals surface area contributed by atoms with Gasteiger partial charge in [0.15, 0.2) is 0 Å². The summed E-state index contributed by atoms with van der Waals surface area (Å²) in [7, 11) is 1.91. The highest BCUT2D eigenvalue weighted by Crippen LogP contribution is 2.17. The molecule has 1 fully saturated rings. The molecule has 0 spiro atoms. The first-order valence-electron chi connectivity index (χ1n) is 5.51. The molecule has 2 N–H and O–H groups in total. The van der Waals surface area contributed by atoms with Gasteiger partial charge in [0, 0.05) is 19.5 Å². The van der Waals surface area contributed by atoms with Crippen LogP contribution in [0.25, 0.3) is 0 Å². The second-order valence-corrected chi connectivity index (χ2v) is 4.75. The van der Waals surface area contributed by atoms with E-state index in [9.17, 15) is 0 Å². The molecule has 0 bridgehead atoms. The lowest BCUT2D eigenvalue weighted by Crippen LogP contribution is -2.40. The van der Waals surface area contributed by atoms with Crippen LogP contribution in [0.5, 0.6) is 0 Å². The second-order valence-electron chi connectivity index (χ2n) is 4.28. The molecule has 1 aromatic rings. The lowest BCUT2D eigenvalue weighted by Gasteiger charge is -2.31. The predicted octanol–water partition coefficient (Wildman–Crippen LogP) is 0.313. The summed E-state index contributed by atoms with van der Waals surface area (Å²) in [6, 6.07) is 0. The van der Waals surface area contributed by atoms with Gasteiger partial charge >= 0.3 is 0 Å². The predicted molar refractivity (Wildman–Crippen MR) is 65.8 cm³/mol. The van der Waals surface area contributed by atoms with Crippen molar-refractivity contribution < 1.29 is 0 Å². The first-order valence-corrected chi connectivity index (χ1v) is 5.92. The Balaban J connectivity index is 1.95. The van der Waals surface area contributed by atoms with E-state index in [1.807, 2.05) is 11.7 Å². The van der Waals surface area contributed by atoms with Crippen molar-refractivity contribution in [2.45, 2.75) is 19.4 Å². The van der Waals surface area contributed by atoms with Gasteiger partial charge in [-0.05, 0) is 19.4 Å². The van der Waals surface area contributed by atoms with Crippen molar-refractivity contribution in [3.8, 4) is 0 Å². The summed E-state index contributed by atoms with van der Waals surface area (Å²) in [6.07, 6.45) is 3.86. The molecule has 1 aliphatic rings. The molecular formula is C10H17N5S. The first-order chi connectivity index (χ1) is 7.66. The van der Waals surface area contributed by atoms with E-state index < -0.39 is 0 Å². The van der Waals surface area contributed by atoms with Gasteiger partial charge in [0.25, 0.3) is 0 Å². The maximum atomic E-state index is 5.70. The van der Waals surface area contributed by atoms with Crippen molar-refractivity contribution in [1.29, 1.82) is 0 Å². The number of rotatable bonds is 3. The van der Waals surface area contributed by atoms with Crippen LogP contribution in [0.3, 0.4) is 0 Å². The highest BCUT2D eigenvalue weighted by atomic mass is 32.1. The molecule has 0 amide bonds. The minimum Gasteiger partial charge on any atom is -0.393 e. The molecule has 6 heteroatoms. The van der Waals surface area contributed by atoms with E-state index in [1.165, 1.54) is 0 Å². The summed E-state index contributed by atoms with van der Waals surface area (Å²) in [4.78, 5) is 7.21. The first kappa shape index (κ1) is 11.5. The Morgan fingerprint density at radius 2 is 2.50 bits per heavy atom. The fourth-order valence-corrected chi connectivity index (χ4v) is 2.29. The molecule has 0 aromatic carbocycles. The van der Waals surface area contributed by atoms with Gasteiger partial charge < -0.3 is 5.73 Å². The number of thiocarbonyl (C=S) groups is 1. The third kappa shape index (κ3) is 2.56. The van der Waals surface area contributed by atoms with Crippen molar-refractivity contribution in [3.05, 3.63) is 12.2 Å². The molecule has 5 nitrogen and oxygen atoms in total. The van der Waals surface area contributed by atoms with Crippen molar-refractivity contribution in [1.82, 2.24) is 19.7 Å². The molecule has 0 radical (unpaired) electrons. The third-order valence-corrected chi connectivity index (χ3v) is 3.41. The number of nitrogens with zero attached hydrogens (tertiary/aromatic N) is 4. The van der Waals surface area contributed by atoms with E-state index in [4.69, 9.17) is 18.0 Å². The van der Waals surface area contributed by atoms with Crippen LogP contribution in [0, 0.1) is 5.92 Å². The highest BCUT2D eigenvalue weighted by molar-refractivity contribution is 7.80. The summed E-state index contributed by atoms with van der Waals surface area (Å²) in [5.74, 6) is 1.35. The smallest absolute Gasteiger partial charge is 0.140 e. The van der Waals surface area contributed by atoms with E-state index in [-0.39, 0.29) is 0 Å². The van der Waals surface area contributed by atoms with Crippen molar-refractivity contribution in [2.24, 2.45) is 18.7 Å². The molecule has 1 aliphatic heterocycles. The summed E-state index contributed by atoms with van der Waals surface area (Å²) in [5.41, 5.74) is 5.70. The van der Waals surface area contributed by atoms with Gasteiger partial charge in [-0.2, -0.15) is 5.10 Å². The van der Waals surface area contributed by atoms with Crippen LogP contribution in [0.2, 0.25) is 0 Å². The van der Waals surface area contributed by atoms with E-state index in [1.54, 1.807) is 6.33 Å². The average Bonchev–Trinajstić information content (AvgIpc) is 2.65. The Kier molecular flexibility index (Phi) is 3.50. The second kappa shape index (κ2) is 4.88. The molecule has 2 rings (SSSR count). The van der Waals surface area contributed by atoms with E-state index >= 15 is 0 Å². The van der Waals surface area contributed by atoms with Gasteiger partial charge in [0.1, 0.15) is 12.2 Å². The van der Waals surface area contributed by atoms with Crippen molar-refractivity contribution in [2.75, 3.05) is 13.1 Å². The number of piperidine rings is 1. The Morgan fingerprint density at radius 3 is 3.12 bits per heavy atom. The molecule has 0 saturated carbocycles. The molecule has 1 unspecified atom stereocenters. The quantitative estimate of drug-likeness (QED) is 0.769. The SMILES string of the molecule is Cn1ncnc1CN1CCCC(C(N)=S)C1. The zero-order valence-corrected chi connectivity index (χ0v) is 10.3. The number of hydrogen-bond donors (Lipinski definition) is 1. The Morgan fingerprint density at radius 1 is 1.69 bits per heavy atom. The van der Waals surface area contributed by atoms with Crippen LogP contribution in [-0.4, -0.2) is 37.7 Å². The van der Waals surface area contributed by atoms with Crippen LogP contribution in [0.1, 0.15) is 18.7 Å². The van der Waals surface area contributed by atoms with Gasteiger partial charge in [-0.1, -0.05) is 12.2 Å². The molecule has 0 aliphatic carbocycles. The molecule has 88 valence electrons. The Hall–Kier alpha value is -1.01. The van der Waals surface area contributed by atoms with Gasteiger partial charge in [-0.15, -0.1) is 0 Å². The van der Waals surface area contributed by atoms with Crippen molar-refractivity contribution in [3.63, 3.8) is 0 Å². The molecule has 1 atom stereocenters. The van der Waals surface area contributed by atoms with Gasteiger partial charge in [-0.3, -0.25) is 9.58 Å². The number of likely N-dealkylation sites (tertiary alicyclic amines) is 1. The Bertz CT molecular complexity index is 375. The molecule has 1 saturated heterocycles. The van der Waals surface area contributed by atoms with Gasteiger partial charge in [0.2, 0.25) is 0 Å². The van der Waals surface area contributed by atoms with Crippen LogP contribution in [0.15, 0.2) is 6.33 Å². The minimum absolute atomic E-state index is 0.358. The lowest BCUT2D eigenvalue weighted by molar-refractivity contribution is 0.190. The summed E-state index contributed by atoms with van der Waals surface area (Å²) in [6.45, 7) is 2.86. The fourth-order valence-electron chi connectivity index (χ4n) is 2.09. The van der Waals surface area contributed by atoms with Crippen LogP contribution < -0.4 is 5.73 Å².